The number of fused-ring (bicyclic) bond motifs is 1. The fourth-order valence-corrected chi connectivity index (χ4v) is 2.21. The van der Waals surface area contributed by atoms with E-state index in [1.54, 1.807) is 0 Å². The number of para-hydroxylation sites is 1. The standard InChI is InChI=1S/C14H17N3.ClH/c1-17(13-8-15-9-13)10-11-6-12-4-2-3-5-14(12)16-7-11;/h2-7,13,15H,8-10H2,1H3;1H. The predicted molar refractivity (Wildman–Crippen MR) is 77.1 cm³/mol. The molecule has 18 heavy (non-hydrogen) atoms. The molecule has 0 saturated carbocycles. The molecular formula is C14H18ClN3. The highest BCUT2D eigenvalue weighted by Gasteiger charge is 2.21. The van der Waals surface area contributed by atoms with E-state index in [4.69, 9.17) is 0 Å². The molecule has 1 aromatic heterocycles. The van der Waals surface area contributed by atoms with Crippen LogP contribution in [0.15, 0.2) is 36.5 Å². The molecule has 0 unspecified atom stereocenters. The Hall–Kier alpha value is -1.16. The Morgan fingerprint density at radius 3 is 2.83 bits per heavy atom. The molecule has 0 amide bonds. The lowest BCUT2D eigenvalue weighted by atomic mass is 10.1. The van der Waals surface area contributed by atoms with Gasteiger partial charge in [0.15, 0.2) is 0 Å². The third kappa shape index (κ3) is 2.64. The van der Waals surface area contributed by atoms with Gasteiger partial charge in [0, 0.05) is 37.3 Å². The molecule has 3 rings (SSSR count). The quantitative estimate of drug-likeness (QED) is 0.919. The topological polar surface area (TPSA) is 28.2 Å². The van der Waals surface area contributed by atoms with E-state index in [-0.39, 0.29) is 12.4 Å². The fourth-order valence-electron chi connectivity index (χ4n) is 2.21. The lowest BCUT2D eigenvalue weighted by molar-refractivity contribution is 0.173. The van der Waals surface area contributed by atoms with Crippen molar-refractivity contribution in [1.82, 2.24) is 15.2 Å². The average molecular weight is 264 g/mol. The van der Waals surface area contributed by atoms with Gasteiger partial charge in [-0.1, -0.05) is 18.2 Å². The van der Waals surface area contributed by atoms with E-state index in [0.717, 1.165) is 25.2 Å². The minimum absolute atomic E-state index is 0. The van der Waals surface area contributed by atoms with Crippen LogP contribution in [-0.2, 0) is 6.54 Å². The number of nitrogens with zero attached hydrogens (tertiary/aromatic N) is 2. The summed E-state index contributed by atoms with van der Waals surface area (Å²) in [6, 6.07) is 11.2. The van der Waals surface area contributed by atoms with E-state index in [0.29, 0.717) is 6.04 Å². The van der Waals surface area contributed by atoms with E-state index in [1.807, 2.05) is 12.3 Å². The van der Waals surface area contributed by atoms with Gasteiger partial charge in [-0.05, 0) is 24.7 Å². The summed E-state index contributed by atoms with van der Waals surface area (Å²) in [6.45, 7) is 3.19. The van der Waals surface area contributed by atoms with Crippen LogP contribution >= 0.6 is 12.4 Å². The second kappa shape index (κ2) is 5.65. The highest BCUT2D eigenvalue weighted by Crippen LogP contribution is 2.15. The Balaban J connectivity index is 0.00000120. The molecule has 0 spiro atoms. The van der Waals surface area contributed by atoms with E-state index in [9.17, 15) is 0 Å². The summed E-state index contributed by atoms with van der Waals surface area (Å²) in [7, 11) is 2.18. The Morgan fingerprint density at radius 1 is 1.33 bits per heavy atom. The van der Waals surface area contributed by atoms with Gasteiger partial charge in [0.25, 0.3) is 0 Å². The summed E-state index contributed by atoms with van der Waals surface area (Å²) in [4.78, 5) is 6.89. The summed E-state index contributed by atoms with van der Waals surface area (Å²) in [5.74, 6) is 0. The van der Waals surface area contributed by atoms with Gasteiger partial charge in [-0.15, -0.1) is 12.4 Å². The zero-order valence-electron chi connectivity index (χ0n) is 10.5. The molecule has 0 bridgehead atoms. The molecule has 0 aliphatic carbocycles. The number of hydrogen-bond donors (Lipinski definition) is 1. The van der Waals surface area contributed by atoms with Crippen molar-refractivity contribution in [1.29, 1.82) is 0 Å². The molecule has 96 valence electrons. The van der Waals surface area contributed by atoms with Crippen LogP contribution in [0.1, 0.15) is 5.56 Å². The molecule has 1 aromatic carbocycles. The second-order valence-corrected chi connectivity index (χ2v) is 4.76. The van der Waals surface area contributed by atoms with E-state index in [1.165, 1.54) is 10.9 Å². The molecule has 0 atom stereocenters. The van der Waals surface area contributed by atoms with Crippen LogP contribution in [0.3, 0.4) is 0 Å². The molecule has 1 saturated heterocycles. The fraction of sp³-hybridized carbons (Fsp3) is 0.357. The normalized spacial score (nSPS) is 15.4. The molecule has 1 N–H and O–H groups in total. The van der Waals surface area contributed by atoms with Gasteiger partial charge in [0.2, 0.25) is 0 Å². The first-order valence-corrected chi connectivity index (χ1v) is 6.07. The van der Waals surface area contributed by atoms with Crippen molar-refractivity contribution in [2.75, 3.05) is 20.1 Å². The lowest BCUT2D eigenvalue weighted by Crippen LogP contribution is -2.55. The van der Waals surface area contributed by atoms with Crippen molar-refractivity contribution < 1.29 is 0 Å². The van der Waals surface area contributed by atoms with Crippen molar-refractivity contribution in [3.63, 3.8) is 0 Å². The number of nitrogens with one attached hydrogen (secondary N) is 1. The first kappa shape index (κ1) is 13.3. The molecule has 1 fully saturated rings. The summed E-state index contributed by atoms with van der Waals surface area (Å²) in [6.07, 6.45) is 1.99. The Morgan fingerprint density at radius 2 is 2.11 bits per heavy atom. The Kier molecular flexibility index (Phi) is 4.17. The van der Waals surface area contributed by atoms with Crippen LogP contribution in [0.5, 0.6) is 0 Å². The van der Waals surface area contributed by atoms with Crippen LogP contribution in [0.2, 0.25) is 0 Å². The van der Waals surface area contributed by atoms with Crippen LogP contribution < -0.4 is 5.32 Å². The van der Waals surface area contributed by atoms with Crippen molar-refractivity contribution >= 4 is 23.3 Å². The molecule has 1 aliphatic heterocycles. The van der Waals surface area contributed by atoms with Crippen molar-refractivity contribution in [3.8, 4) is 0 Å². The number of aromatic nitrogens is 1. The summed E-state index contributed by atoms with van der Waals surface area (Å²) < 4.78 is 0. The number of halogens is 1. The molecule has 2 heterocycles. The van der Waals surface area contributed by atoms with Crippen LogP contribution in [0.4, 0.5) is 0 Å². The largest absolute Gasteiger partial charge is 0.314 e. The third-order valence-corrected chi connectivity index (χ3v) is 3.46. The minimum atomic E-state index is 0. The maximum absolute atomic E-state index is 4.50. The highest BCUT2D eigenvalue weighted by atomic mass is 35.5. The molecule has 1 aliphatic rings. The van der Waals surface area contributed by atoms with Crippen molar-refractivity contribution in [2.24, 2.45) is 0 Å². The van der Waals surface area contributed by atoms with Gasteiger partial charge in [-0.2, -0.15) is 0 Å². The van der Waals surface area contributed by atoms with Gasteiger partial charge < -0.3 is 5.32 Å². The second-order valence-electron chi connectivity index (χ2n) is 4.76. The Bertz CT molecular complexity index is 525. The van der Waals surface area contributed by atoms with Gasteiger partial charge in [-0.25, -0.2) is 0 Å². The van der Waals surface area contributed by atoms with E-state index in [2.05, 4.69) is 46.5 Å². The molecule has 3 nitrogen and oxygen atoms in total. The zero-order valence-corrected chi connectivity index (χ0v) is 11.3. The van der Waals surface area contributed by atoms with Crippen molar-refractivity contribution in [2.45, 2.75) is 12.6 Å². The monoisotopic (exact) mass is 263 g/mol. The maximum Gasteiger partial charge on any atom is 0.0702 e. The molecule has 0 radical (unpaired) electrons. The third-order valence-electron chi connectivity index (χ3n) is 3.46. The summed E-state index contributed by atoms with van der Waals surface area (Å²) >= 11 is 0. The zero-order chi connectivity index (χ0) is 11.7. The summed E-state index contributed by atoms with van der Waals surface area (Å²) in [5, 5.41) is 4.53. The Labute approximate surface area is 114 Å². The average Bonchev–Trinajstić information content (AvgIpc) is 2.26. The van der Waals surface area contributed by atoms with Crippen LogP contribution in [0.25, 0.3) is 10.9 Å². The van der Waals surface area contributed by atoms with Crippen LogP contribution in [0, 0.1) is 0 Å². The van der Waals surface area contributed by atoms with E-state index < -0.39 is 0 Å². The predicted octanol–water partition coefficient (Wildman–Crippen LogP) is 2.06. The van der Waals surface area contributed by atoms with Crippen molar-refractivity contribution in [3.05, 3.63) is 42.1 Å². The van der Waals surface area contributed by atoms with E-state index >= 15 is 0 Å². The number of rotatable bonds is 3. The lowest BCUT2D eigenvalue weighted by Gasteiger charge is -2.35. The maximum atomic E-state index is 4.50. The number of benzene rings is 1. The number of pyridine rings is 1. The highest BCUT2D eigenvalue weighted by molar-refractivity contribution is 5.85. The van der Waals surface area contributed by atoms with Gasteiger partial charge in [0.1, 0.15) is 0 Å². The van der Waals surface area contributed by atoms with Crippen LogP contribution in [-0.4, -0.2) is 36.1 Å². The minimum Gasteiger partial charge on any atom is -0.314 e. The first-order valence-electron chi connectivity index (χ1n) is 6.07. The first-order chi connectivity index (χ1) is 8.33. The van der Waals surface area contributed by atoms with Gasteiger partial charge >= 0.3 is 0 Å². The van der Waals surface area contributed by atoms with Gasteiger partial charge in [0.05, 0.1) is 5.52 Å². The number of hydrogen-bond acceptors (Lipinski definition) is 3. The number of likely N-dealkylation sites (N-methyl/N-ethyl adjacent to an activating group) is 1. The molecule has 2 aromatic rings. The SMILES string of the molecule is CN(Cc1cnc2ccccc2c1)C1CNC1.Cl. The summed E-state index contributed by atoms with van der Waals surface area (Å²) in [5.41, 5.74) is 2.36. The van der Waals surface area contributed by atoms with Gasteiger partial charge in [-0.3, -0.25) is 9.88 Å². The molecular weight excluding hydrogens is 246 g/mol. The smallest absolute Gasteiger partial charge is 0.0702 e. The molecule has 4 heteroatoms.